The quantitative estimate of drug-likeness (QED) is 0.642. The first-order valence-electron chi connectivity index (χ1n) is 3.74. The Morgan fingerprint density at radius 3 is 2.45 bits per heavy atom. The Morgan fingerprint density at radius 1 is 1.27 bits per heavy atom. The lowest BCUT2D eigenvalue weighted by Crippen LogP contribution is -1.84. The van der Waals surface area contributed by atoms with E-state index in [1.54, 1.807) is 12.4 Å². The molecule has 0 saturated carbocycles. The standard InChI is InChI=1S/C9H12N2/c1-8(2)4-5-9-10-6-3-7-11-9/h3-8H,1-2H3/b5-4+. The van der Waals surface area contributed by atoms with Gasteiger partial charge in [0.05, 0.1) is 0 Å². The van der Waals surface area contributed by atoms with Crippen LogP contribution in [0.2, 0.25) is 0 Å². The molecule has 0 bridgehead atoms. The van der Waals surface area contributed by atoms with Crippen molar-refractivity contribution < 1.29 is 0 Å². The molecule has 1 heterocycles. The number of rotatable bonds is 2. The van der Waals surface area contributed by atoms with Crippen molar-refractivity contribution in [2.45, 2.75) is 13.8 Å². The maximum Gasteiger partial charge on any atom is 0.151 e. The molecule has 0 aliphatic carbocycles. The fraction of sp³-hybridized carbons (Fsp3) is 0.333. The van der Waals surface area contributed by atoms with Gasteiger partial charge in [0.25, 0.3) is 0 Å². The normalized spacial score (nSPS) is 11.2. The highest BCUT2D eigenvalue weighted by molar-refractivity contribution is 5.38. The van der Waals surface area contributed by atoms with Gasteiger partial charge in [-0.3, -0.25) is 0 Å². The predicted octanol–water partition coefficient (Wildman–Crippen LogP) is 2.15. The molecule has 11 heavy (non-hydrogen) atoms. The van der Waals surface area contributed by atoms with Gasteiger partial charge in [-0.05, 0) is 18.1 Å². The first-order chi connectivity index (χ1) is 5.29. The van der Waals surface area contributed by atoms with Crippen molar-refractivity contribution in [3.8, 4) is 0 Å². The van der Waals surface area contributed by atoms with Gasteiger partial charge in [-0.15, -0.1) is 0 Å². The fourth-order valence-electron chi connectivity index (χ4n) is 0.675. The van der Waals surface area contributed by atoms with Gasteiger partial charge in [-0.25, -0.2) is 9.97 Å². The zero-order chi connectivity index (χ0) is 8.10. The third kappa shape index (κ3) is 2.94. The van der Waals surface area contributed by atoms with E-state index in [2.05, 4.69) is 29.9 Å². The van der Waals surface area contributed by atoms with Gasteiger partial charge in [0, 0.05) is 12.4 Å². The van der Waals surface area contributed by atoms with Crippen LogP contribution < -0.4 is 0 Å². The van der Waals surface area contributed by atoms with Crippen molar-refractivity contribution in [3.63, 3.8) is 0 Å². The average molecular weight is 148 g/mol. The van der Waals surface area contributed by atoms with Crippen LogP contribution in [-0.4, -0.2) is 9.97 Å². The molecule has 0 aromatic carbocycles. The fourth-order valence-corrected chi connectivity index (χ4v) is 0.675. The van der Waals surface area contributed by atoms with Crippen LogP contribution in [0.3, 0.4) is 0 Å². The predicted molar refractivity (Wildman–Crippen MR) is 45.9 cm³/mol. The smallest absolute Gasteiger partial charge is 0.151 e. The molecule has 1 rings (SSSR count). The highest BCUT2D eigenvalue weighted by Gasteiger charge is 1.87. The molecular weight excluding hydrogens is 136 g/mol. The van der Waals surface area contributed by atoms with Crippen molar-refractivity contribution in [3.05, 3.63) is 30.4 Å². The van der Waals surface area contributed by atoms with Gasteiger partial charge in [0.2, 0.25) is 0 Å². The number of aromatic nitrogens is 2. The van der Waals surface area contributed by atoms with E-state index < -0.39 is 0 Å². The van der Waals surface area contributed by atoms with Gasteiger partial charge in [0.1, 0.15) is 0 Å². The number of hydrogen-bond donors (Lipinski definition) is 0. The Kier molecular flexibility index (Phi) is 2.78. The highest BCUT2D eigenvalue weighted by Crippen LogP contribution is 1.98. The molecular formula is C9H12N2. The summed E-state index contributed by atoms with van der Waals surface area (Å²) in [5.74, 6) is 1.33. The van der Waals surface area contributed by atoms with Gasteiger partial charge >= 0.3 is 0 Å². The van der Waals surface area contributed by atoms with Crippen molar-refractivity contribution in [1.82, 2.24) is 9.97 Å². The van der Waals surface area contributed by atoms with Crippen molar-refractivity contribution in [2.75, 3.05) is 0 Å². The zero-order valence-electron chi connectivity index (χ0n) is 6.86. The van der Waals surface area contributed by atoms with Crippen LogP contribution in [0.5, 0.6) is 0 Å². The molecule has 0 atom stereocenters. The van der Waals surface area contributed by atoms with Crippen LogP contribution >= 0.6 is 0 Å². The summed E-state index contributed by atoms with van der Waals surface area (Å²) in [5, 5.41) is 0. The second-order valence-corrected chi connectivity index (χ2v) is 2.71. The van der Waals surface area contributed by atoms with Crippen LogP contribution in [0.4, 0.5) is 0 Å². The minimum Gasteiger partial charge on any atom is -0.237 e. The maximum absolute atomic E-state index is 4.05. The van der Waals surface area contributed by atoms with Crippen molar-refractivity contribution in [2.24, 2.45) is 5.92 Å². The number of nitrogens with zero attached hydrogens (tertiary/aromatic N) is 2. The van der Waals surface area contributed by atoms with E-state index in [0.29, 0.717) is 5.92 Å². The van der Waals surface area contributed by atoms with Crippen molar-refractivity contribution in [1.29, 1.82) is 0 Å². The monoisotopic (exact) mass is 148 g/mol. The van der Waals surface area contributed by atoms with Crippen LogP contribution in [0, 0.1) is 5.92 Å². The molecule has 0 radical (unpaired) electrons. The van der Waals surface area contributed by atoms with Crippen LogP contribution in [0.15, 0.2) is 24.5 Å². The van der Waals surface area contributed by atoms with Crippen LogP contribution in [0.1, 0.15) is 19.7 Å². The molecule has 1 aromatic rings. The second kappa shape index (κ2) is 3.86. The Bertz CT molecular complexity index is 227. The highest BCUT2D eigenvalue weighted by atomic mass is 14.8. The molecule has 0 fully saturated rings. The lowest BCUT2D eigenvalue weighted by atomic mass is 10.2. The minimum absolute atomic E-state index is 0.554. The zero-order valence-corrected chi connectivity index (χ0v) is 6.86. The molecule has 0 amide bonds. The van der Waals surface area contributed by atoms with Crippen LogP contribution in [-0.2, 0) is 0 Å². The lowest BCUT2D eigenvalue weighted by Gasteiger charge is -1.92. The number of allylic oxidation sites excluding steroid dienone is 1. The van der Waals surface area contributed by atoms with E-state index in [1.165, 1.54) is 0 Å². The minimum atomic E-state index is 0.554. The van der Waals surface area contributed by atoms with Gasteiger partial charge in [-0.1, -0.05) is 19.9 Å². The molecule has 1 aromatic heterocycles. The summed E-state index contributed by atoms with van der Waals surface area (Å²) in [6.45, 7) is 4.25. The summed E-state index contributed by atoms with van der Waals surface area (Å²) < 4.78 is 0. The van der Waals surface area contributed by atoms with E-state index in [1.807, 2.05) is 12.1 Å². The molecule has 0 N–H and O–H groups in total. The molecule has 2 nitrogen and oxygen atoms in total. The Morgan fingerprint density at radius 2 is 1.91 bits per heavy atom. The summed E-state index contributed by atoms with van der Waals surface area (Å²) >= 11 is 0. The lowest BCUT2D eigenvalue weighted by molar-refractivity contribution is 0.835. The summed E-state index contributed by atoms with van der Waals surface area (Å²) in [5.41, 5.74) is 0. The van der Waals surface area contributed by atoms with E-state index in [0.717, 1.165) is 5.82 Å². The third-order valence-electron chi connectivity index (χ3n) is 1.22. The molecule has 0 unspecified atom stereocenters. The van der Waals surface area contributed by atoms with E-state index in [-0.39, 0.29) is 0 Å². The SMILES string of the molecule is CC(C)/C=C/c1ncccn1. The maximum atomic E-state index is 4.05. The molecule has 0 aliphatic rings. The Hall–Kier alpha value is -1.18. The summed E-state index contributed by atoms with van der Waals surface area (Å²) in [4.78, 5) is 8.11. The topological polar surface area (TPSA) is 25.8 Å². The number of hydrogen-bond acceptors (Lipinski definition) is 2. The summed E-state index contributed by atoms with van der Waals surface area (Å²) in [6, 6.07) is 1.81. The second-order valence-electron chi connectivity index (χ2n) is 2.71. The third-order valence-corrected chi connectivity index (χ3v) is 1.22. The van der Waals surface area contributed by atoms with E-state index in [4.69, 9.17) is 0 Å². The van der Waals surface area contributed by atoms with E-state index >= 15 is 0 Å². The average Bonchev–Trinajstić information content (AvgIpc) is 2.03. The molecule has 2 heteroatoms. The van der Waals surface area contributed by atoms with Gasteiger partial charge in [0.15, 0.2) is 5.82 Å². The Balaban J connectivity index is 2.65. The molecule has 0 saturated heterocycles. The Labute approximate surface area is 67.0 Å². The van der Waals surface area contributed by atoms with Crippen molar-refractivity contribution >= 4 is 6.08 Å². The molecule has 58 valence electrons. The summed E-state index contributed by atoms with van der Waals surface area (Å²) in [6.07, 6.45) is 7.50. The summed E-state index contributed by atoms with van der Waals surface area (Å²) in [7, 11) is 0. The first kappa shape index (κ1) is 7.92. The molecule has 0 spiro atoms. The largest absolute Gasteiger partial charge is 0.237 e. The van der Waals surface area contributed by atoms with Gasteiger partial charge < -0.3 is 0 Å². The molecule has 0 aliphatic heterocycles. The van der Waals surface area contributed by atoms with Crippen LogP contribution in [0.25, 0.3) is 6.08 Å². The van der Waals surface area contributed by atoms with E-state index in [9.17, 15) is 0 Å². The van der Waals surface area contributed by atoms with Gasteiger partial charge in [-0.2, -0.15) is 0 Å². The first-order valence-corrected chi connectivity index (χ1v) is 3.74.